The molecule has 0 aliphatic heterocycles. The molecule has 1 heterocycles. The van der Waals surface area contributed by atoms with Crippen LogP contribution in [0, 0.1) is 5.92 Å². The third-order valence-electron chi connectivity index (χ3n) is 3.00. The number of hydrogen-bond acceptors (Lipinski definition) is 3. The summed E-state index contributed by atoms with van der Waals surface area (Å²) in [5.74, 6) is 1.44. The van der Waals surface area contributed by atoms with Gasteiger partial charge in [0.25, 0.3) is 0 Å². The number of carbonyl (C=O) groups is 1. The van der Waals surface area contributed by atoms with E-state index in [1.165, 1.54) is 12.8 Å². The number of amides is 1. The first-order chi connectivity index (χ1) is 7.72. The summed E-state index contributed by atoms with van der Waals surface area (Å²) in [6, 6.07) is 2.19. The molecular weight excluding hydrogens is 204 g/mol. The molecule has 1 atom stereocenters. The molecule has 5 nitrogen and oxygen atoms in total. The quantitative estimate of drug-likeness (QED) is 0.784. The molecule has 5 heteroatoms. The van der Waals surface area contributed by atoms with Gasteiger partial charge in [0.15, 0.2) is 0 Å². The van der Waals surface area contributed by atoms with Gasteiger partial charge in [-0.15, -0.1) is 0 Å². The molecule has 88 valence electrons. The van der Waals surface area contributed by atoms with Crippen molar-refractivity contribution >= 4 is 11.7 Å². The molecule has 16 heavy (non-hydrogen) atoms. The third-order valence-corrected chi connectivity index (χ3v) is 3.00. The van der Waals surface area contributed by atoms with Crippen LogP contribution in [0.4, 0.5) is 5.82 Å². The molecule has 2 rings (SSSR count). The van der Waals surface area contributed by atoms with Gasteiger partial charge in [-0.3, -0.25) is 4.79 Å². The average Bonchev–Trinajstić information content (AvgIpc) is 2.99. The van der Waals surface area contributed by atoms with E-state index in [2.05, 4.69) is 17.3 Å². The van der Waals surface area contributed by atoms with Crippen molar-refractivity contribution in [3.05, 3.63) is 12.3 Å². The van der Waals surface area contributed by atoms with Gasteiger partial charge in [-0.25, -0.2) is 4.68 Å². The number of aromatic nitrogens is 2. The van der Waals surface area contributed by atoms with Crippen molar-refractivity contribution in [2.75, 3.05) is 11.9 Å². The fourth-order valence-corrected chi connectivity index (χ4v) is 1.85. The van der Waals surface area contributed by atoms with Crippen LogP contribution in [0.5, 0.6) is 0 Å². The first-order valence-corrected chi connectivity index (χ1v) is 5.76. The largest absolute Gasteiger partial charge is 0.330 e. The van der Waals surface area contributed by atoms with Crippen molar-refractivity contribution in [2.45, 2.75) is 32.2 Å². The summed E-state index contributed by atoms with van der Waals surface area (Å²) in [7, 11) is 0. The molecule has 0 aromatic carbocycles. The average molecular weight is 222 g/mol. The Balaban J connectivity index is 2.03. The molecule has 1 amide bonds. The van der Waals surface area contributed by atoms with Crippen LogP contribution in [0.3, 0.4) is 0 Å². The Hall–Kier alpha value is -1.36. The predicted molar refractivity (Wildman–Crippen MR) is 62.0 cm³/mol. The van der Waals surface area contributed by atoms with Gasteiger partial charge in [-0.1, -0.05) is 0 Å². The second kappa shape index (κ2) is 4.65. The Bertz CT molecular complexity index is 370. The van der Waals surface area contributed by atoms with Gasteiger partial charge in [0.05, 0.1) is 12.2 Å². The van der Waals surface area contributed by atoms with Crippen molar-refractivity contribution in [1.82, 2.24) is 9.78 Å². The Labute approximate surface area is 95.0 Å². The molecule has 1 aliphatic carbocycles. The SMILES string of the molecule is CC(C1CC1)n1nccc1NC(=O)CCN. The van der Waals surface area contributed by atoms with Crippen molar-refractivity contribution in [1.29, 1.82) is 0 Å². The van der Waals surface area contributed by atoms with E-state index in [9.17, 15) is 4.79 Å². The van der Waals surface area contributed by atoms with Gasteiger partial charge in [0.1, 0.15) is 5.82 Å². The summed E-state index contributed by atoms with van der Waals surface area (Å²) >= 11 is 0. The van der Waals surface area contributed by atoms with E-state index in [0.29, 0.717) is 24.9 Å². The van der Waals surface area contributed by atoms with Gasteiger partial charge in [-0.05, 0) is 25.7 Å². The van der Waals surface area contributed by atoms with Gasteiger partial charge >= 0.3 is 0 Å². The van der Waals surface area contributed by atoms with Crippen molar-refractivity contribution in [2.24, 2.45) is 11.7 Å². The molecule has 3 N–H and O–H groups in total. The summed E-state index contributed by atoms with van der Waals surface area (Å²) in [5.41, 5.74) is 5.33. The fraction of sp³-hybridized carbons (Fsp3) is 0.636. The Morgan fingerprint density at radius 1 is 1.75 bits per heavy atom. The number of nitrogens with one attached hydrogen (secondary N) is 1. The number of nitrogens with two attached hydrogens (primary N) is 1. The van der Waals surface area contributed by atoms with Crippen molar-refractivity contribution < 1.29 is 4.79 Å². The van der Waals surface area contributed by atoms with E-state index in [-0.39, 0.29) is 5.91 Å². The molecule has 0 radical (unpaired) electrons. The van der Waals surface area contributed by atoms with E-state index in [0.717, 1.165) is 5.82 Å². The first kappa shape index (κ1) is 11.1. The number of nitrogens with zero attached hydrogens (tertiary/aromatic N) is 2. The monoisotopic (exact) mass is 222 g/mol. The van der Waals surface area contributed by atoms with Gasteiger partial charge < -0.3 is 11.1 Å². The zero-order valence-electron chi connectivity index (χ0n) is 9.52. The Morgan fingerprint density at radius 2 is 2.50 bits per heavy atom. The lowest BCUT2D eigenvalue weighted by Crippen LogP contribution is -2.20. The fourth-order valence-electron chi connectivity index (χ4n) is 1.85. The topological polar surface area (TPSA) is 72.9 Å². The molecule has 1 fully saturated rings. The molecule has 1 aliphatic rings. The number of anilines is 1. The van der Waals surface area contributed by atoms with Crippen LogP contribution >= 0.6 is 0 Å². The van der Waals surface area contributed by atoms with Crippen LogP contribution in [-0.4, -0.2) is 22.2 Å². The molecular formula is C11H18N4O. The normalized spacial score (nSPS) is 17.1. The summed E-state index contributed by atoms with van der Waals surface area (Å²) in [5, 5.41) is 7.10. The minimum atomic E-state index is -0.0488. The highest BCUT2D eigenvalue weighted by Crippen LogP contribution is 2.40. The minimum absolute atomic E-state index is 0.0488. The molecule has 0 spiro atoms. The molecule has 0 bridgehead atoms. The summed E-state index contributed by atoms with van der Waals surface area (Å²) in [6.07, 6.45) is 4.59. The number of hydrogen-bond donors (Lipinski definition) is 2. The second-order valence-corrected chi connectivity index (χ2v) is 4.33. The van der Waals surface area contributed by atoms with Crippen molar-refractivity contribution in [3.8, 4) is 0 Å². The molecule has 0 saturated heterocycles. The maximum atomic E-state index is 11.4. The van der Waals surface area contributed by atoms with E-state index < -0.39 is 0 Å². The second-order valence-electron chi connectivity index (χ2n) is 4.33. The lowest BCUT2D eigenvalue weighted by Gasteiger charge is -2.15. The Morgan fingerprint density at radius 3 is 3.12 bits per heavy atom. The maximum absolute atomic E-state index is 11.4. The van der Waals surface area contributed by atoms with E-state index in [4.69, 9.17) is 5.73 Å². The highest BCUT2D eigenvalue weighted by molar-refractivity contribution is 5.89. The van der Waals surface area contributed by atoms with Crippen molar-refractivity contribution in [3.63, 3.8) is 0 Å². The predicted octanol–water partition coefficient (Wildman–Crippen LogP) is 1.14. The maximum Gasteiger partial charge on any atom is 0.226 e. The molecule has 1 saturated carbocycles. The van der Waals surface area contributed by atoms with E-state index >= 15 is 0 Å². The summed E-state index contributed by atoms with van der Waals surface area (Å²) in [4.78, 5) is 11.4. The van der Waals surface area contributed by atoms with Gasteiger partial charge in [0, 0.05) is 19.0 Å². The summed E-state index contributed by atoms with van der Waals surface area (Å²) in [6.45, 7) is 2.52. The highest BCUT2D eigenvalue weighted by atomic mass is 16.1. The van der Waals surface area contributed by atoms with Crippen LogP contribution < -0.4 is 11.1 Å². The lowest BCUT2D eigenvalue weighted by atomic mass is 10.2. The molecule has 1 aromatic rings. The number of rotatable bonds is 5. The Kier molecular flexibility index (Phi) is 3.24. The highest BCUT2D eigenvalue weighted by Gasteiger charge is 2.30. The third kappa shape index (κ3) is 2.41. The summed E-state index contributed by atoms with van der Waals surface area (Å²) < 4.78 is 1.89. The van der Waals surface area contributed by atoms with Crippen LogP contribution in [-0.2, 0) is 4.79 Å². The van der Waals surface area contributed by atoms with Crippen LogP contribution in [0.1, 0.15) is 32.2 Å². The van der Waals surface area contributed by atoms with Crippen LogP contribution in [0.2, 0.25) is 0 Å². The zero-order valence-corrected chi connectivity index (χ0v) is 9.52. The standard InChI is InChI=1S/C11H18N4O/c1-8(9-2-3-9)15-10(5-7-13-15)14-11(16)4-6-12/h5,7-9H,2-4,6,12H2,1H3,(H,14,16). The van der Waals surface area contributed by atoms with Crippen LogP contribution in [0.25, 0.3) is 0 Å². The van der Waals surface area contributed by atoms with E-state index in [1.54, 1.807) is 6.20 Å². The molecule has 1 unspecified atom stereocenters. The number of carbonyl (C=O) groups excluding carboxylic acids is 1. The van der Waals surface area contributed by atoms with Gasteiger partial charge in [-0.2, -0.15) is 5.10 Å². The van der Waals surface area contributed by atoms with Gasteiger partial charge in [0.2, 0.25) is 5.91 Å². The lowest BCUT2D eigenvalue weighted by molar-refractivity contribution is -0.116. The first-order valence-electron chi connectivity index (χ1n) is 5.76. The smallest absolute Gasteiger partial charge is 0.226 e. The minimum Gasteiger partial charge on any atom is -0.330 e. The van der Waals surface area contributed by atoms with Crippen LogP contribution in [0.15, 0.2) is 12.3 Å². The van der Waals surface area contributed by atoms with E-state index in [1.807, 2.05) is 10.7 Å². The zero-order chi connectivity index (χ0) is 11.5. The molecule has 1 aromatic heterocycles.